The Kier molecular flexibility index (Phi) is 3.86. The summed E-state index contributed by atoms with van der Waals surface area (Å²) in [5.41, 5.74) is 0. The lowest BCUT2D eigenvalue weighted by atomic mass is 9.77. The molecule has 0 aromatic carbocycles. The summed E-state index contributed by atoms with van der Waals surface area (Å²) >= 11 is 0. The van der Waals surface area contributed by atoms with E-state index < -0.39 is 17.8 Å². The Morgan fingerprint density at radius 2 is 1.79 bits per heavy atom. The molecular formula is C9H18O5. The average Bonchev–Trinajstić information content (AvgIpc) is 2.17. The Morgan fingerprint density at radius 1 is 1.21 bits per heavy atom. The zero-order valence-electron chi connectivity index (χ0n) is 8.51. The van der Waals surface area contributed by atoms with Crippen molar-refractivity contribution in [2.75, 3.05) is 0 Å². The maximum atomic E-state index is 9.75. The molecule has 0 aromatic heterocycles. The minimum Gasteiger partial charge on any atom is -0.393 e. The van der Waals surface area contributed by atoms with E-state index in [-0.39, 0.29) is 0 Å². The van der Waals surface area contributed by atoms with Crippen molar-refractivity contribution in [1.29, 1.82) is 0 Å². The van der Waals surface area contributed by atoms with Crippen LogP contribution >= 0.6 is 0 Å². The van der Waals surface area contributed by atoms with Crippen LogP contribution in [0.1, 0.15) is 33.1 Å². The summed E-state index contributed by atoms with van der Waals surface area (Å²) in [5.74, 6) is -1.49. The van der Waals surface area contributed by atoms with Crippen LogP contribution in [0.15, 0.2) is 0 Å². The van der Waals surface area contributed by atoms with E-state index in [0.717, 1.165) is 6.42 Å². The smallest absolute Gasteiger partial charge is 0.235 e. The highest BCUT2D eigenvalue weighted by molar-refractivity contribution is 4.85. The van der Waals surface area contributed by atoms with Crippen molar-refractivity contribution >= 4 is 0 Å². The highest BCUT2D eigenvalue weighted by Crippen LogP contribution is 2.37. The molecule has 5 nitrogen and oxygen atoms in total. The lowest BCUT2D eigenvalue weighted by molar-refractivity contribution is -0.499. The predicted octanol–water partition coefficient (Wildman–Crippen LogP) is 1.48. The third-order valence-electron chi connectivity index (χ3n) is 3.11. The van der Waals surface area contributed by atoms with Crippen molar-refractivity contribution in [2.45, 2.75) is 45.0 Å². The van der Waals surface area contributed by atoms with Crippen LogP contribution in [0.2, 0.25) is 0 Å². The molecule has 0 bridgehead atoms. The topological polar surface area (TPSA) is 79.2 Å². The molecule has 0 amide bonds. The zero-order chi connectivity index (χ0) is 10.8. The molecule has 1 saturated carbocycles. The fourth-order valence-electron chi connectivity index (χ4n) is 2.11. The van der Waals surface area contributed by atoms with Gasteiger partial charge < -0.3 is 5.11 Å². The lowest BCUT2D eigenvalue weighted by Crippen LogP contribution is -2.47. The summed E-state index contributed by atoms with van der Waals surface area (Å²) in [6, 6.07) is 0. The van der Waals surface area contributed by atoms with E-state index in [0.29, 0.717) is 18.8 Å². The summed E-state index contributed by atoms with van der Waals surface area (Å²) < 4.78 is 0. The molecule has 3 atom stereocenters. The second-order valence-electron chi connectivity index (χ2n) is 4.29. The van der Waals surface area contributed by atoms with Gasteiger partial charge in [-0.1, -0.05) is 13.3 Å². The van der Waals surface area contributed by atoms with Gasteiger partial charge in [-0.05, 0) is 25.7 Å². The van der Waals surface area contributed by atoms with Crippen LogP contribution in [-0.4, -0.2) is 27.5 Å². The van der Waals surface area contributed by atoms with E-state index in [1.807, 2.05) is 0 Å². The molecule has 0 unspecified atom stereocenters. The summed E-state index contributed by atoms with van der Waals surface area (Å²) in [6.07, 6.45) is 1.58. The van der Waals surface area contributed by atoms with Crippen LogP contribution in [0.5, 0.6) is 0 Å². The Morgan fingerprint density at radius 3 is 2.21 bits per heavy atom. The van der Waals surface area contributed by atoms with E-state index in [2.05, 4.69) is 16.7 Å². The molecule has 84 valence electrons. The van der Waals surface area contributed by atoms with Crippen LogP contribution in [0, 0.1) is 11.8 Å². The van der Waals surface area contributed by atoms with Gasteiger partial charge in [0.1, 0.15) is 0 Å². The Hall–Kier alpha value is -0.200. The molecule has 1 fully saturated rings. The molecular weight excluding hydrogens is 188 g/mol. The van der Waals surface area contributed by atoms with Gasteiger partial charge in [-0.15, -0.1) is 0 Å². The van der Waals surface area contributed by atoms with Gasteiger partial charge in [-0.3, -0.25) is 0 Å². The maximum absolute atomic E-state index is 9.75. The number of aliphatic hydroxyl groups excluding tert-OH is 1. The quantitative estimate of drug-likeness (QED) is 0.370. The fourth-order valence-corrected chi connectivity index (χ4v) is 2.11. The third-order valence-corrected chi connectivity index (χ3v) is 3.11. The van der Waals surface area contributed by atoms with Gasteiger partial charge in [-0.2, -0.15) is 0 Å². The normalized spacial score (nSPS) is 34.5. The van der Waals surface area contributed by atoms with Gasteiger partial charge in [0.05, 0.1) is 6.10 Å². The second kappa shape index (κ2) is 4.55. The molecule has 1 rings (SSSR count). The number of hydrogen-bond donors (Lipinski definition) is 3. The van der Waals surface area contributed by atoms with Crippen molar-refractivity contribution in [3.8, 4) is 0 Å². The first kappa shape index (κ1) is 11.9. The van der Waals surface area contributed by atoms with Crippen molar-refractivity contribution in [3.05, 3.63) is 0 Å². The van der Waals surface area contributed by atoms with Crippen LogP contribution in [0.25, 0.3) is 0 Å². The average molecular weight is 206 g/mol. The minimum absolute atomic E-state index is 0.409. The summed E-state index contributed by atoms with van der Waals surface area (Å²) in [6.45, 7) is 3.45. The van der Waals surface area contributed by atoms with Gasteiger partial charge in [0.25, 0.3) is 0 Å². The molecule has 0 aliphatic heterocycles. The van der Waals surface area contributed by atoms with Gasteiger partial charge in [0.15, 0.2) is 0 Å². The first-order valence-corrected chi connectivity index (χ1v) is 4.86. The molecule has 0 radical (unpaired) electrons. The van der Waals surface area contributed by atoms with Crippen LogP contribution in [0.3, 0.4) is 0 Å². The second-order valence-corrected chi connectivity index (χ2v) is 4.29. The highest BCUT2D eigenvalue weighted by atomic mass is 17.2. The van der Waals surface area contributed by atoms with E-state index in [1.165, 1.54) is 6.92 Å². The summed E-state index contributed by atoms with van der Waals surface area (Å²) in [7, 11) is 0. The first-order valence-electron chi connectivity index (χ1n) is 4.86. The van der Waals surface area contributed by atoms with E-state index in [4.69, 9.17) is 10.5 Å². The summed E-state index contributed by atoms with van der Waals surface area (Å²) in [5, 5.41) is 27.0. The van der Waals surface area contributed by atoms with Crippen molar-refractivity contribution < 1.29 is 25.4 Å². The first-order chi connectivity index (χ1) is 6.53. The van der Waals surface area contributed by atoms with E-state index in [1.54, 1.807) is 0 Å². The molecule has 0 spiro atoms. The molecule has 1 aliphatic carbocycles. The molecule has 1 aliphatic rings. The van der Waals surface area contributed by atoms with Gasteiger partial charge in [0, 0.05) is 5.92 Å². The van der Waals surface area contributed by atoms with Gasteiger partial charge in [0.2, 0.25) is 5.79 Å². The minimum atomic E-state index is -1.53. The van der Waals surface area contributed by atoms with Crippen LogP contribution < -0.4 is 0 Å². The number of aliphatic hydroxyl groups is 1. The van der Waals surface area contributed by atoms with Crippen molar-refractivity contribution in [3.63, 3.8) is 0 Å². The Bertz CT molecular complexity index is 180. The van der Waals surface area contributed by atoms with Crippen molar-refractivity contribution in [2.24, 2.45) is 11.8 Å². The molecule has 0 aromatic rings. The standard InChI is InChI=1S/C9H18O5/c1-6-3-4-7(8(10)5-6)9(2,13-11)14-12/h6-8,10-12H,3-5H2,1-2H3/t6-,7-,8+/m1/s1. The SMILES string of the molecule is C[C@@H]1CC[C@@H](C(C)(OO)OO)[C@@H](O)C1. The van der Waals surface area contributed by atoms with E-state index >= 15 is 0 Å². The van der Waals surface area contributed by atoms with E-state index in [9.17, 15) is 5.11 Å². The van der Waals surface area contributed by atoms with Crippen LogP contribution in [-0.2, 0) is 9.78 Å². The Balaban J connectivity index is 2.67. The van der Waals surface area contributed by atoms with Gasteiger partial charge in [-0.25, -0.2) is 20.3 Å². The summed E-state index contributed by atoms with van der Waals surface area (Å²) in [4.78, 5) is 8.20. The largest absolute Gasteiger partial charge is 0.393 e. The van der Waals surface area contributed by atoms with Crippen molar-refractivity contribution in [1.82, 2.24) is 0 Å². The maximum Gasteiger partial charge on any atom is 0.235 e. The molecule has 5 heteroatoms. The Labute approximate surface area is 83.1 Å². The number of rotatable bonds is 3. The monoisotopic (exact) mass is 206 g/mol. The zero-order valence-corrected chi connectivity index (χ0v) is 8.51. The predicted molar refractivity (Wildman–Crippen MR) is 48.3 cm³/mol. The fraction of sp³-hybridized carbons (Fsp3) is 1.00. The van der Waals surface area contributed by atoms with Gasteiger partial charge >= 0.3 is 0 Å². The molecule has 0 heterocycles. The van der Waals surface area contributed by atoms with Crippen LogP contribution in [0.4, 0.5) is 0 Å². The third kappa shape index (κ3) is 2.24. The molecule has 14 heavy (non-hydrogen) atoms. The molecule has 3 N–H and O–H groups in total. The lowest BCUT2D eigenvalue weighted by Gasteiger charge is -2.39. The molecule has 0 saturated heterocycles. The highest BCUT2D eigenvalue weighted by Gasteiger charge is 2.44. The number of hydrogen-bond acceptors (Lipinski definition) is 5.